The fourth-order valence-corrected chi connectivity index (χ4v) is 2.53. The molecule has 1 saturated carbocycles. The highest BCUT2D eigenvalue weighted by Gasteiger charge is 2.36. The number of anilines is 2. The van der Waals surface area contributed by atoms with E-state index < -0.39 is 0 Å². The fraction of sp³-hybridized carbons (Fsp3) is 0.357. The summed E-state index contributed by atoms with van der Waals surface area (Å²) in [5.74, 6) is 0. The van der Waals surface area contributed by atoms with Crippen molar-refractivity contribution < 1.29 is 5.11 Å². The molecule has 1 aliphatic rings. The highest BCUT2D eigenvalue weighted by atomic mass is 16.3. The van der Waals surface area contributed by atoms with Crippen LogP contribution in [0, 0.1) is 0 Å². The molecule has 0 radical (unpaired) electrons. The van der Waals surface area contributed by atoms with Crippen molar-refractivity contribution in [3.63, 3.8) is 0 Å². The number of rotatable bonds is 3. The Morgan fingerprint density at radius 3 is 2.78 bits per heavy atom. The first kappa shape index (κ1) is 11.3. The predicted molar refractivity (Wildman–Crippen MR) is 73.4 cm³/mol. The monoisotopic (exact) mass is 243 g/mol. The van der Waals surface area contributed by atoms with E-state index >= 15 is 0 Å². The molecule has 0 saturated heterocycles. The lowest BCUT2D eigenvalue weighted by atomic mass is 9.77. The van der Waals surface area contributed by atoms with Crippen LogP contribution >= 0.6 is 0 Å². The average molecular weight is 243 g/mol. The number of hydrogen-bond acceptors (Lipinski definition) is 4. The molecule has 4 heteroatoms. The van der Waals surface area contributed by atoms with Crippen LogP contribution in [0.15, 0.2) is 30.6 Å². The lowest BCUT2D eigenvalue weighted by Crippen LogP contribution is -2.48. The topological polar surface area (TPSA) is 71.2 Å². The van der Waals surface area contributed by atoms with Crippen molar-refractivity contribution in [2.24, 2.45) is 0 Å². The van der Waals surface area contributed by atoms with E-state index in [-0.39, 0.29) is 12.1 Å². The zero-order valence-corrected chi connectivity index (χ0v) is 10.2. The van der Waals surface area contributed by atoms with Gasteiger partial charge >= 0.3 is 0 Å². The largest absolute Gasteiger partial charge is 0.398 e. The molecule has 0 spiro atoms. The van der Waals surface area contributed by atoms with Crippen molar-refractivity contribution in [3.05, 3.63) is 30.6 Å². The van der Waals surface area contributed by atoms with Crippen LogP contribution in [0.4, 0.5) is 11.4 Å². The molecule has 4 N–H and O–H groups in total. The number of aromatic nitrogens is 1. The van der Waals surface area contributed by atoms with Crippen LogP contribution in [0.2, 0.25) is 0 Å². The quantitative estimate of drug-likeness (QED) is 0.722. The molecule has 0 aliphatic heterocycles. The number of nitrogens with one attached hydrogen (secondary N) is 1. The molecule has 2 aromatic rings. The van der Waals surface area contributed by atoms with Gasteiger partial charge in [0.1, 0.15) is 0 Å². The Hall–Kier alpha value is -1.81. The lowest BCUT2D eigenvalue weighted by molar-refractivity contribution is 0.144. The molecular weight excluding hydrogens is 226 g/mol. The Balaban J connectivity index is 2.04. The predicted octanol–water partition coefficient (Wildman–Crippen LogP) is 2.14. The third kappa shape index (κ3) is 1.69. The summed E-state index contributed by atoms with van der Waals surface area (Å²) < 4.78 is 0. The van der Waals surface area contributed by atoms with Crippen LogP contribution in [0.3, 0.4) is 0 Å². The van der Waals surface area contributed by atoms with Crippen LogP contribution in [0.25, 0.3) is 10.8 Å². The first-order valence-corrected chi connectivity index (χ1v) is 6.25. The molecule has 18 heavy (non-hydrogen) atoms. The van der Waals surface area contributed by atoms with Gasteiger partial charge in [-0.05, 0) is 37.5 Å². The molecule has 1 aromatic carbocycles. The molecule has 1 fully saturated rings. The lowest BCUT2D eigenvalue weighted by Gasteiger charge is -2.42. The number of nitrogen functional groups attached to an aromatic ring is 1. The molecule has 4 nitrogen and oxygen atoms in total. The van der Waals surface area contributed by atoms with Crippen LogP contribution in [-0.2, 0) is 0 Å². The fourth-order valence-electron chi connectivity index (χ4n) is 2.53. The van der Waals surface area contributed by atoms with Gasteiger partial charge in [0.2, 0.25) is 0 Å². The van der Waals surface area contributed by atoms with Gasteiger partial charge in [-0.1, -0.05) is 0 Å². The molecule has 1 aliphatic carbocycles. The first-order valence-electron chi connectivity index (χ1n) is 6.25. The summed E-state index contributed by atoms with van der Waals surface area (Å²) in [5, 5.41) is 15.0. The van der Waals surface area contributed by atoms with Gasteiger partial charge in [0.05, 0.1) is 12.1 Å². The van der Waals surface area contributed by atoms with E-state index in [4.69, 9.17) is 5.73 Å². The van der Waals surface area contributed by atoms with Crippen molar-refractivity contribution in [1.29, 1.82) is 0 Å². The van der Waals surface area contributed by atoms with Crippen LogP contribution in [0.5, 0.6) is 0 Å². The summed E-state index contributed by atoms with van der Waals surface area (Å²) in [6.07, 6.45) is 6.75. The second-order valence-corrected chi connectivity index (χ2v) is 5.04. The van der Waals surface area contributed by atoms with Crippen molar-refractivity contribution in [3.8, 4) is 0 Å². The van der Waals surface area contributed by atoms with Crippen LogP contribution < -0.4 is 11.1 Å². The number of nitrogens with zero attached hydrogens (tertiary/aromatic N) is 1. The Morgan fingerprint density at radius 2 is 2.11 bits per heavy atom. The minimum Gasteiger partial charge on any atom is -0.398 e. The number of nitrogens with two attached hydrogens (primary N) is 1. The van der Waals surface area contributed by atoms with Gasteiger partial charge < -0.3 is 16.2 Å². The Bertz CT molecular complexity index is 573. The molecule has 0 amide bonds. The third-order valence-electron chi connectivity index (χ3n) is 3.86. The second kappa shape index (κ2) is 4.14. The van der Waals surface area contributed by atoms with Gasteiger partial charge in [0, 0.05) is 34.5 Å². The summed E-state index contributed by atoms with van der Waals surface area (Å²) >= 11 is 0. The van der Waals surface area contributed by atoms with Crippen LogP contribution in [0.1, 0.15) is 19.3 Å². The van der Waals surface area contributed by atoms with E-state index in [0.29, 0.717) is 0 Å². The zero-order chi connectivity index (χ0) is 12.6. The molecule has 3 rings (SSSR count). The highest BCUT2D eigenvalue weighted by molar-refractivity contribution is 6.00. The number of fused-ring (bicyclic) bond motifs is 1. The van der Waals surface area contributed by atoms with E-state index in [9.17, 15) is 5.11 Å². The number of aliphatic hydroxyl groups is 1. The smallest absolute Gasteiger partial charge is 0.0661 e. The minimum absolute atomic E-state index is 0.154. The molecule has 0 unspecified atom stereocenters. The summed E-state index contributed by atoms with van der Waals surface area (Å²) in [5.41, 5.74) is 7.56. The van der Waals surface area contributed by atoms with Gasteiger partial charge in [-0.25, -0.2) is 0 Å². The van der Waals surface area contributed by atoms with E-state index in [0.717, 1.165) is 35.0 Å². The van der Waals surface area contributed by atoms with E-state index in [2.05, 4.69) is 10.3 Å². The van der Waals surface area contributed by atoms with E-state index in [1.807, 2.05) is 24.4 Å². The van der Waals surface area contributed by atoms with Crippen molar-refractivity contribution in [2.75, 3.05) is 17.7 Å². The van der Waals surface area contributed by atoms with Crippen molar-refractivity contribution in [1.82, 2.24) is 4.98 Å². The summed E-state index contributed by atoms with van der Waals surface area (Å²) in [6, 6.07) is 5.78. The Kier molecular flexibility index (Phi) is 2.59. The first-order chi connectivity index (χ1) is 8.74. The molecule has 1 heterocycles. The number of benzene rings is 1. The maximum absolute atomic E-state index is 9.52. The number of hydrogen-bond donors (Lipinski definition) is 3. The molecule has 1 aromatic heterocycles. The second-order valence-electron chi connectivity index (χ2n) is 5.04. The SMILES string of the molecule is Nc1ccc(NC2(CO)CCC2)c2cnccc12. The Morgan fingerprint density at radius 1 is 1.28 bits per heavy atom. The van der Waals surface area contributed by atoms with Crippen LogP contribution in [-0.4, -0.2) is 22.2 Å². The highest BCUT2D eigenvalue weighted by Crippen LogP contribution is 2.37. The number of aliphatic hydroxyl groups excluding tert-OH is 1. The van der Waals surface area contributed by atoms with Crippen molar-refractivity contribution in [2.45, 2.75) is 24.8 Å². The summed E-state index contributed by atoms with van der Waals surface area (Å²) in [7, 11) is 0. The third-order valence-corrected chi connectivity index (χ3v) is 3.86. The van der Waals surface area contributed by atoms with Gasteiger partial charge in [0.25, 0.3) is 0 Å². The summed E-state index contributed by atoms with van der Waals surface area (Å²) in [6.45, 7) is 0.166. The minimum atomic E-state index is -0.154. The maximum atomic E-state index is 9.52. The molecule has 0 bridgehead atoms. The van der Waals surface area contributed by atoms with Gasteiger partial charge in [0.15, 0.2) is 0 Å². The normalized spacial score (nSPS) is 17.4. The molecular formula is C14H17N3O. The zero-order valence-electron chi connectivity index (χ0n) is 10.2. The Labute approximate surface area is 106 Å². The standard InChI is InChI=1S/C14H17N3O/c15-12-2-3-13(11-8-16-7-4-10(11)12)17-14(9-18)5-1-6-14/h2-4,7-8,17-18H,1,5-6,9,15H2. The van der Waals surface area contributed by atoms with Gasteiger partial charge in [-0.15, -0.1) is 0 Å². The van der Waals surface area contributed by atoms with Crippen molar-refractivity contribution >= 4 is 22.1 Å². The number of pyridine rings is 1. The van der Waals surface area contributed by atoms with Gasteiger partial charge in [-0.2, -0.15) is 0 Å². The van der Waals surface area contributed by atoms with Gasteiger partial charge in [-0.3, -0.25) is 4.98 Å². The molecule has 0 atom stereocenters. The van der Waals surface area contributed by atoms with E-state index in [1.54, 1.807) is 6.20 Å². The summed E-state index contributed by atoms with van der Waals surface area (Å²) in [4.78, 5) is 4.16. The average Bonchev–Trinajstić information content (AvgIpc) is 2.37. The molecule has 94 valence electrons. The van der Waals surface area contributed by atoms with E-state index in [1.165, 1.54) is 6.42 Å². The maximum Gasteiger partial charge on any atom is 0.0661 e.